The fourth-order valence-corrected chi connectivity index (χ4v) is 2.55. The van der Waals surface area contributed by atoms with Crippen molar-refractivity contribution < 1.29 is 9.47 Å². The van der Waals surface area contributed by atoms with E-state index < -0.39 is 0 Å². The van der Waals surface area contributed by atoms with E-state index in [-0.39, 0.29) is 0 Å². The van der Waals surface area contributed by atoms with E-state index in [9.17, 15) is 0 Å². The van der Waals surface area contributed by atoms with E-state index in [1.54, 1.807) is 20.3 Å². The van der Waals surface area contributed by atoms with Crippen molar-refractivity contribution in [2.75, 3.05) is 26.1 Å². The molecule has 0 radical (unpaired) electrons. The Labute approximate surface area is 120 Å². The summed E-state index contributed by atoms with van der Waals surface area (Å²) in [5, 5.41) is 4.37. The number of benzene rings is 1. The summed E-state index contributed by atoms with van der Waals surface area (Å²) < 4.78 is 14.7. The van der Waals surface area contributed by atoms with Crippen LogP contribution in [0.2, 0.25) is 5.02 Å². The van der Waals surface area contributed by atoms with Crippen LogP contribution >= 0.6 is 23.1 Å². The summed E-state index contributed by atoms with van der Waals surface area (Å²) in [5.41, 5.74) is 0.794. The lowest BCUT2D eigenvalue weighted by molar-refractivity contribution is 0.355. The first kappa shape index (κ1) is 13.9. The van der Waals surface area contributed by atoms with Crippen LogP contribution in [0, 0.1) is 0 Å². The first-order chi connectivity index (χ1) is 9.19. The molecule has 1 aromatic carbocycles. The highest BCUT2D eigenvalue weighted by atomic mass is 35.5. The predicted octanol–water partition coefficient (Wildman–Crippen LogP) is 3.31. The summed E-state index contributed by atoms with van der Waals surface area (Å²) in [6, 6.07) is 3.57. The Kier molecular flexibility index (Phi) is 4.44. The van der Waals surface area contributed by atoms with Crippen LogP contribution in [0.3, 0.4) is 0 Å². The van der Waals surface area contributed by atoms with Crippen molar-refractivity contribution in [3.8, 4) is 22.9 Å². The Morgan fingerprint density at radius 2 is 2.11 bits per heavy atom. The zero-order valence-corrected chi connectivity index (χ0v) is 12.4. The normalized spacial score (nSPS) is 10.3. The van der Waals surface area contributed by atoms with Crippen LogP contribution in [-0.2, 0) is 0 Å². The lowest BCUT2D eigenvalue weighted by Gasteiger charge is -2.10. The highest BCUT2D eigenvalue weighted by molar-refractivity contribution is 7.09. The minimum Gasteiger partial charge on any atom is -0.493 e. The zero-order chi connectivity index (χ0) is 13.8. The lowest BCUT2D eigenvalue weighted by atomic mass is 10.2. The second-order valence-corrected chi connectivity index (χ2v) is 4.81. The van der Waals surface area contributed by atoms with Crippen LogP contribution in [0.5, 0.6) is 11.5 Å². The van der Waals surface area contributed by atoms with Crippen LogP contribution in [-0.4, -0.2) is 30.1 Å². The molecule has 0 bridgehead atoms. The fraction of sp³-hybridized carbons (Fsp3) is 0.333. The number of hydrogen-bond acceptors (Lipinski definition) is 6. The molecule has 1 N–H and O–H groups in total. The molecule has 7 heteroatoms. The molecular formula is C12H14ClN3O2S. The second-order valence-electron chi connectivity index (χ2n) is 3.65. The third-order valence-electron chi connectivity index (χ3n) is 2.45. The lowest BCUT2D eigenvalue weighted by Crippen LogP contribution is -1.95. The Bertz CT molecular complexity index is 574. The quantitative estimate of drug-likeness (QED) is 0.918. The number of methoxy groups -OCH3 is 2. The SMILES string of the molecule is CCNc1nc(-c2cc(Cl)c(OC)c(OC)c2)ns1. The molecule has 2 aromatic rings. The minimum atomic E-state index is 0.469. The van der Waals surface area contributed by atoms with Gasteiger partial charge in [0.25, 0.3) is 0 Å². The van der Waals surface area contributed by atoms with E-state index in [4.69, 9.17) is 21.1 Å². The summed E-state index contributed by atoms with van der Waals surface area (Å²) in [5.74, 6) is 1.68. The molecule has 0 aliphatic carbocycles. The molecule has 0 amide bonds. The summed E-state index contributed by atoms with van der Waals surface area (Å²) in [6.07, 6.45) is 0. The number of rotatable bonds is 5. The van der Waals surface area contributed by atoms with Crippen molar-refractivity contribution in [1.82, 2.24) is 9.36 Å². The van der Waals surface area contributed by atoms with E-state index in [1.165, 1.54) is 11.5 Å². The van der Waals surface area contributed by atoms with Crippen LogP contribution in [0.1, 0.15) is 6.92 Å². The van der Waals surface area contributed by atoms with Gasteiger partial charge in [-0.25, -0.2) is 0 Å². The molecular weight excluding hydrogens is 286 g/mol. The van der Waals surface area contributed by atoms with Crippen LogP contribution < -0.4 is 14.8 Å². The van der Waals surface area contributed by atoms with Gasteiger partial charge in [0.15, 0.2) is 17.3 Å². The van der Waals surface area contributed by atoms with Gasteiger partial charge in [0.05, 0.1) is 19.2 Å². The van der Waals surface area contributed by atoms with Gasteiger partial charge < -0.3 is 14.8 Å². The maximum absolute atomic E-state index is 6.16. The molecule has 0 aliphatic rings. The monoisotopic (exact) mass is 299 g/mol. The van der Waals surface area contributed by atoms with Gasteiger partial charge in [0.2, 0.25) is 5.13 Å². The number of nitrogens with zero attached hydrogens (tertiary/aromatic N) is 2. The third-order valence-corrected chi connectivity index (χ3v) is 3.40. The number of halogens is 1. The smallest absolute Gasteiger partial charge is 0.202 e. The Balaban J connectivity index is 2.41. The first-order valence-corrected chi connectivity index (χ1v) is 6.84. The molecule has 2 rings (SSSR count). The summed E-state index contributed by atoms with van der Waals surface area (Å²) in [7, 11) is 3.12. The van der Waals surface area contributed by atoms with Gasteiger partial charge in [-0.1, -0.05) is 11.6 Å². The van der Waals surface area contributed by atoms with Crippen molar-refractivity contribution in [3.05, 3.63) is 17.2 Å². The molecule has 0 saturated heterocycles. The van der Waals surface area contributed by atoms with Crippen molar-refractivity contribution in [2.24, 2.45) is 0 Å². The molecule has 102 valence electrons. The number of aromatic nitrogens is 2. The number of anilines is 1. The predicted molar refractivity (Wildman–Crippen MR) is 77.6 cm³/mol. The van der Waals surface area contributed by atoms with Crippen molar-refractivity contribution >= 4 is 28.3 Å². The maximum atomic E-state index is 6.16. The molecule has 1 aromatic heterocycles. The third kappa shape index (κ3) is 2.90. The highest BCUT2D eigenvalue weighted by Gasteiger charge is 2.14. The molecule has 1 heterocycles. The van der Waals surface area contributed by atoms with Gasteiger partial charge in [0.1, 0.15) is 0 Å². The number of ether oxygens (including phenoxy) is 2. The highest BCUT2D eigenvalue weighted by Crippen LogP contribution is 2.38. The van der Waals surface area contributed by atoms with Gasteiger partial charge in [-0.05, 0) is 19.1 Å². The summed E-state index contributed by atoms with van der Waals surface area (Å²) >= 11 is 7.47. The minimum absolute atomic E-state index is 0.469. The fourth-order valence-electron chi connectivity index (χ4n) is 1.61. The standard InChI is InChI=1S/C12H14ClN3O2S/c1-4-14-12-15-11(16-19-12)7-5-8(13)10(18-3)9(6-7)17-2/h5-6H,4H2,1-3H3,(H,14,15,16). The van der Waals surface area contributed by atoms with E-state index in [0.29, 0.717) is 22.3 Å². The second kappa shape index (κ2) is 6.08. The Morgan fingerprint density at radius 3 is 2.74 bits per heavy atom. The van der Waals surface area contributed by atoms with E-state index in [2.05, 4.69) is 14.7 Å². The Hall–Kier alpha value is -1.53. The molecule has 0 saturated carbocycles. The van der Waals surface area contributed by atoms with Crippen molar-refractivity contribution in [3.63, 3.8) is 0 Å². The molecule has 0 atom stereocenters. The maximum Gasteiger partial charge on any atom is 0.202 e. The largest absolute Gasteiger partial charge is 0.493 e. The van der Waals surface area contributed by atoms with E-state index in [0.717, 1.165) is 17.2 Å². The van der Waals surface area contributed by atoms with Gasteiger partial charge in [-0.3, -0.25) is 0 Å². The molecule has 0 aliphatic heterocycles. The first-order valence-electron chi connectivity index (χ1n) is 5.69. The summed E-state index contributed by atoms with van der Waals surface area (Å²) in [6.45, 7) is 2.82. The molecule has 5 nitrogen and oxygen atoms in total. The van der Waals surface area contributed by atoms with Crippen molar-refractivity contribution in [1.29, 1.82) is 0 Å². The topological polar surface area (TPSA) is 56.3 Å². The molecule has 0 fully saturated rings. The zero-order valence-electron chi connectivity index (χ0n) is 10.9. The van der Waals surface area contributed by atoms with E-state index in [1.807, 2.05) is 13.0 Å². The van der Waals surface area contributed by atoms with Gasteiger partial charge >= 0.3 is 0 Å². The van der Waals surface area contributed by atoms with Gasteiger partial charge in [-0.15, -0.1) is 0 Å². The molecule has 0 unspecified atom stereocenters. The van der Waals surface area contributed by atoms with Crippen molar-refractivity contribution in [2.45, 2.75) is 6.92 Å². The van der Waals surface area contributed by atoms with Gasteiger partial charge in [-0.2, -0.15) is 9.36 Å². The van der Waals surface area contributed by atoms with Crippen LogP contribution in [0.25, 0.3) is 11.4 Å². The van der Waals surface area contributed by atoms with E-state index >= 15 is 0 Å². The van der Waals surface area contributed by atoms with Crippen LogP contribution in [0.15, 0.2) is 12.1 Å². The average molecular weight is 300 g/mol. The van der Waals surface area contributed by atoms with Gasteiger partial charge in [0, 0.05) is 23.6 Å². The number of nitrogens with one attached hydrogen (secondary N) is 1. The van der Waals surface area contributed by atoms with Crippen LogP contribution in [0.4, 0.5) is 5.13 Å². The molecule has 0 spiro atoms. The summed E-state index contributed by atoms with van der Waals surface area (Å²) in [4.78, 5) is 4.38. The number of hydrogen-bond donors (Lipinski definition) is 1. The Morgan fingerprint density at radius 1 is 1.32 bits per heavy atom. The average Bonchev–Trinajstić information content (AvgIpc) is 2.86. The molecule has 19 heavy (non-hydrogen) atoms.